The fourth-order valence-electron chi connectivity index (χ4n) is 3.95. The van der Waals surface area contributed by atoms with Gasteiger partial charge in [0.2, 0.25) is 0 Å². The lowest BCUT2D eigenvalue weighted by Gasteiger charge is -2.37. The minimum absolute atomic E-state index is 0.0716. The number of halogens is 2. The van der Waals surface area contributed by atoms with Crippen molar-refractivity contribution >= 4 is 5.97 Å². The third kappa shape index (κ3) is 4.25. The van der Waals surface area contributed by atoms with Crippen molar-refractivity contribution in [2.45, 2.75) is 57.0 Å². The minimum atomic E-state index is -1.09. The Labute approximate surface area is 164 Å². The molecule has 3 rings (SSSR count). The first kappa shape index (κ1) is 20.5. The molecule has 1 aliphatic carbocycles. The zero-order valence-electron chi connectivity index (χ0n) is 16.1. The Balaban J connectivity index is 1.81. The van der Waals surface area contributed by atoms with Crippen molar-refractivity contribution in [2.75, 3.05) is 6.61 Å². The number of carboxylic acid groups (broad SMARTS) is 1. The van der Waals surface area contributed by atoms with Crippen molar-refractivity contribution in [1.82, 2.24) is 0 Å². The molecule has 0 aliphatic heterocycles. The molecule has 0 saturated heterocycles. The highest BCUT2D eigenvalue weighted by atomic mass is 19.1. The van der Waals surface area contributed by atoms with Gasteiger partial charge in [-0.15, -0.1) is 0 Å². The molecular formula is C23H26F2O3. The number of hydrogen-bond donors (Lipinski definition) is 1. The molecule has 2 aromatic rings. The number of hydrogen-bond acceptors (Lipinski definition) is 2. The summed E-state index contributed by atoms with van der Waals surface area (Å²) in [6, 6.07) is 10.2. The van der Waals surface area contributed by atoms with E-state index in [9.17, 15) is 18.7 Å². The molecule has 150 valence electrons. The fraction of sp³-hybridized carbons (Fsp3) is 0.435. The van der Waals surface area contributed by atoms with Crippen molar-refractivity contribution in [3.05, 3.63) is 59.7 Å². The van der Waals surface area contributed by atoms with Gasteiger partial charge in [0, 0.05) is 12.2 Å². The standard InChI is InChI=1S/C23H26F2O3/c1-2-3-14-28-19-10-12-23(13-11-19,22(26)27)17-6-9-20(21(25)15-17)16-4-7-18(24)8-5-16/h4-9,15,19H,2-3,10-14H2,1H3,(H,26,27). The van der Waals surface area contributed by atoms with E-state index in [1.54, 1.807) is 12.1 Å². The fourth-order valence-corrected chi connectivity index (χ4v) is 3.95. The number of ether oxygens (including phenoxy) is 1. The third-order valence-electron chi connectivity index (χ3n) is 5.72. The van der Waals surface area contributed by atoms with Crippen LogP contribution in [0.4, 0.5) is 8.78 Å². The van der Waals surface area contributed by atoms with Crippen LogP contribution in [-0.4, -0.2) is 23.8 Å². The van der Waals surface area contributed by atoms with E-state index in [2.05, 4.69) is 6.92 Å². The summed E-state index contributed by atoms with van der Waals surface area (Å²) in [5.41, 5.74) is 0.284. The van der Waals surface area contributed by atoms with E-state index in [4.69, 9.17) is 4.74 Å². The Kier molecular flexibility index (Phi) is 6.45. The summed E-state index contributed by atoms with van der Waals surface area (Å²) < 4.78 is 33.7. The van der Waals surface area contributed by atoms with Crippen LogP contribution in [0, 0.1) is 11.6 Å². The molecule has 0 spiro atoms. The summed E-state index contributed by atoms with van der Waals surface area (Å²) in [5, 5.41) is 9.95. The van der Waals surface area contributed by atoms with Crippen LogP contribution in [0.3, 0.4) is 0 Å². The van der Waals surface area contributed by atoms with Gasteiger partial charge in [0.15, 0.2) is 0 Å². The molecule has 1 fully saturated rings. The number of rotatable bonds is 7. The van der Waals surface area contributed by atoms with Crippen molar-refractivity contribution in [2.24, 2.45) is 0 Å². The Morgan fingerprint density at radius 1 is 1.14 bits per heavy atom. The van der Waals surface area contributed by atoms with Crippen LogP contribution in [0.5, 0.6) is 0 Å². The minimum Gasteiger partial charge on any atom is -0.481 e. The van der Waals surface area contributed by atoms with Gasteiger partial charge in [-0.2, -0.15) is 0 Å². The monoisotopic (exact) mass is 388 g/mol. The van der Waals surface area contributed by atoms with Gasteiger partial charge in [-0.1, -0.05) is 37.6 Å². The second kappa shape index (κ2) is 8.82. The predicted octanol–water partition coefficient (Wildman–Crippen LogP) is 5.71. The highest BCUT2D eigenvalue weighted by Crippen LogP contribution is 2.42. The normalized spacial score (nSPS) is 22.2. The summed E-state index contributed by atoms with van der Waals surface area (Å²) in [7, 11) is 0. The third-order valence-corrected chi connectivity index (χ3v) is 5.72. The number of benzene rings is 2. The van der Waals surface area contributed by atoms with E-state index < -0.39 is 17.2 Å². The summed E-state index contributed by atoms with van der Waals surface area (Å²) in [6.45, 7) is 2.80. The molecule has 5 heteroatoms. The van der Waals surface area contributed by atoms with Crippen LogP contribution in [0.25, 0.3) is 11.1 Å². The number of aliphatic carboxylic acids is 1. The SMILES string of the molecule is CCCCOC1CCC(C(=O)O)(c2ccc(-c3ccc(F)cc3)c(F)c2)CC1. The van der Waals surface area contributed by atoms with E-state index >= 15 is 0 Å². The van der Waals surface area contributed by atoms with E-state index in [-0.39, 0.29) is 11.9 Å². The topological polar surface area (TPSA) is 46.5 Å². The predicted molar refractivity (Wildman–Crippen MR) is 104 cm³/mol. The lowest BCUT2D eigenvalue weighted by atomic mass is 9.68. The van der Waals surface area contributed by atoms with Crippen molar-refractivity contribution in [3.63, 3.8) is 0 Å². The first-order valence-electron chi connectivity index (χ1n) is 9.87. The van der Waals surface area contributed by atoms with Gasteiger partial charge in [-0.05, 0) is 61.4 Å². The molecule has 2 aromatic carbocycles. The lowest BCUT2D eigenvalue weighted by Crippen LogP contribution is -2.41. The molecule has 1 aliphatic rings. The van der Waals surface area contributed by atoms with Crippen molar-refractivity contribution in [1.29, 1.82) is 0 Å². The van der Waals surface area contributed by atoms with Crippen molar-refractivity contribution < 1.29 is 23.4 Å². The zero-order chi connectivity index (χ0) is 20.1. The average Bonchev–Trinajstić information content (AvgIpc) is 2.69. The Morgan fingerprint density at radius 2 is 1.82 bits per heavy atom. The maximum absolute atomic E-state index is 14.8. The molecule has 0 unspecified atom stereocenters. The largest absolute Gasteiger partial charge is 0.481 e. The van der Waals surface area contributed by atoms with E-state index in [0.29, 0.717) is 49.0 Å². The molecule has 1 N–H and O–H groups in total. The maximum atomic E-state index is 14.8. The van der Waals surface area contributed by atoms with Crippen LogP contribution in [0.2, 0.25) is 0 Å². The quantitative estimate of drug-likeness (QED) is 0.618. The Hall–Kier alpha value is -2.27. The Morgan fingerprint density at radius 3 is 2.39 bits per heavy atom. The van der Waals surface area contributed by atoms with Crippen LogP contribution >= 0.6 is 0 Å². The number of unbranched alkanes of at least 4 members (excludes halogenated alkanes) is 1. The van der Waals surface area contributed by atoms with Gasteiger partial charge in [-0.3, -0.25) is 4.79 Å². The molecule has 1 saturated carbocycles. The lowest BCUT2D eigenvalue weighted by molar-refractivity contribution is -0.146. The molecule has 0 aromatic heterocycles. The molecule has 0 heterocycles. The molecule has 0 atom stereocenters. The summed E-state index contributed by atoms with van der Waals surface area (Å²) in [6.07, 6.45) is 4.28. The molecule has 0 amide bonds. The smallest absolute Gasteiger partial charge is 0.314 e. The molecule has 28 heavy (non-hydrogen) atoms. The van der Waals surface area contributed by atoms with Gasteiger partial charge in [0.25, 0.3) is 0 Å². The highest BCUT2D eigenvalue weighted by molar-refractivity contribution is 5.82. The Bertz CT molecular complexity index is 809. The molecular weight excluding hydrogens is 362 g/mol. The van der Waals surface area contributed by atoms with Crippen LogP contribution < -0.4 is 0 Å². The molecule has 0 bridgehead atoms. The first-order valence-corrected chi connectivity index (χ1v) is 9.87. The highest BCUT2D eigenvalue weighted by Gasteiger charge is 2.44. The maximum Gasteiger partial charge on any atom is 0.314 e. The van der Waals surface area contributed by atoms with E-state index in [1.165, 1.54) is 30.3 Å². The second-order valence-corrected chi connectivity index (χ2v) is 7.51. The van der Waals surface area contributed by atoms with Gasteiger partial charge in [0.05, 0.1) is 11.5 Å². The van der Waals surface area contributed by atoms with Gasteiger partial charge in [-0.25, -0.2) is 8.78 Å². The first-order chi connectivity index (χ1) is 13.5. The van der Waals surface area contributed by atoms with E-state index in [1.807, 2.05) is 0 Å². The van der Waals surface area contributed by atoms with Crippen LogP contribution in [0.15, 0.2) is 42.5 Å². The van der Waals surface area contributed by atoms with Crippen molar-refractivity contribution in [3.8, 4) is 11.1 Å². The van der Waals surface area contributed by atoms with Gasteiger partial charge >= 0.3 is 5.97 Å². The van der Waals surface area contributed by atoms with Gasteiger partial charge in [0.1, 0.15) is 11.6 Å². The zero-order valence-corrected chi connectivity index (χ0v) is 16.1. The second-order valence-electron chi connectivity index (χ2n) is 7.51. The summed E-state index contributed by atoms with van der Waals surface area (Å²) in [4.78, 5) is 12.1. The number of carbonyl (C=O) groups is 1. The molecule has 0 radical (unpaired) electrons. The number of carboxylic acids is 1. The average molecular weight is 388 g/mol. The van der Waals surface area contributed by atoms with Crippen LogP contribution in [-0.2, 0) is 14.9 Å². The molecule has 3 nitrogen and oxygen atoms in total. The summed E-state index contributed by atoms with van der Waals surface area (Å²) in [5.74, 6) is -1.80. The van der Waals surface area contributed by atoms with E-state index in [0.717, 1.165) is 12.8 Å². The summed E-state index contributed by atoms with van der Waals surface area (Å²) >= 11 is 0. The van der Waals surface area contributed by atoms with Gasteiger partial charge < -0.3 is 9.84 Å². The van der Waals surface area contributed by atoms with Crippen LogP contribution in [0.1, 0.15) is 51.0 Å².